The lowest BCUT2D eigenvalue weighted by atomic mass is 10.0. The molecule has 0 aromatic heterocycles. The number of thioether (sulfide) groups is 1. The molecular formula is C8H15NS. The summed E-state index contributed by atoms with van der Waals surface area (Å²) < 4.78 is 0. The molecule has 1 atom stereocenters. The third kappa shape index (κ3) is 2.35. The Morgan fingerprint density at radius 1 is 1.70 bits per heavy atom. The number of hydrogen-bond acceptors (Lipinski definition) is 2. The second kappa shape index (κ2) is 4.04. The molecule has 10 heavy (non-hydrogen) atoms. The van der Waals surface area contributed by atoms with Crippen LogP contribution in [0.1, 0.15) is 12.8 Å². The summed E-state index contributed by atoms with van der Waals surface area (Å²) in [5.74, 6) is 3.53. The summed E-state index contributed by atoms with van der Waals surface area (Å²) in [5.41, 5.74) is 6.66. The fourth-order valence-corrected chi connectivity index (χ4v) is 2.52. The van der Waals surface area contributed by atoms with Crippen LogP contribution in [0.3, 0.4) is 0 Å². The van der Waals surface area contributed by atoms with Crippen LogP contribution in [0.5, 0.6) is 0 Å². The van der Waals surface area contributed by atoms with E-state index in [-0.39, 0.29) is 0 Å². The largest absolute Gasteiger partial charge is 0.327 e. The van der Waals surface area contributed by atoms with E-state index >= 15 is 0 Å². The lowest BCUT2D eigenvalue weighted by Crippen LogP contribution is -2.07. The van der Waals surface area contributed by atoms with Gasteiger partial charge >= 0.3 is 0 Å². The standard InChI is InChI=1S/C8H15NS/c1-7(5-9)4-8-2-3-10-6-8/h8H,1-6,9H2. The first-order chi connectivity index (χ1) is 4.83. The summed E-state index contributed by atoms with van der Waals surface area (Å²) >= 11 is 2.05. The molecule has 0 saturated carbocycles. The van der Waals surface area contributed by atoms with Crippen LogP contribution in [0.4, 0.5) is 0 Å². The Labute approximate surface area is 67.1 Å². The number of rotatable bonds is 3. The molecule has 0 aliphatic carbocycles. The lowest BCUT2D eigenvalue weighted by molar-refractivity contribution is 0.588. The molecule has 1 rings (SSSR count). The molecule has 1 fully saturated rings. The topological polar surface area (TPSA) is 26.0 Å². The first kappa shape index (κ1) is 8.15. The van der Waals surface area contributed by atoms with E-state index in [2.05, 4.69) is 18.3 Å². The van der Waals surface area contributed by atoms with Crippen molar-refractivity contribution in [3.05, 3.63) is 12.2 Å². The summed E-state index contributed by atoms with van der Waals surface area (Å²) in [5, 5.41) is 0. The highest BCUT2D eigenvalue weighted by Gasteiger charge is 2.15. The molecule has 1 heterocycles. The van der Waals surface area contributed by atoms with Gasteiger partial charge in [0.25, 0.3) is 0 Å². The van der Waals surface area contributed by atoms with Crippen molar-refractivity contribution in [2.24, 2.45) is 11.7 Å². The molecule has 1 unspecified atom stereocenters. The summed E-state index contributed by atoms with van der Waals surface area (Å²) in [6, 6.07) is 0. The smallest absolute Gasteiger partial charge is 0.0134 e. The predicted molar refractivity (Wildman–Crippen MR) is 48.2 cm³/mol. The molecule has 1 aliphatic rings. The molecule has 0 bridgehead atoms. The molecule has 0 aromatic rings. The van der Waals surface area contributed by atoms with Crippen molar-refractivity contribution in [1.29, 1.82) is 0 Å². The summed E-state index contributed by atoms with van der Waals surface area (Å²) in [6.45, 7) is 4.57. The number of hydrogen-bond donors (Lipinski definition) is 1. The van der Waals surface area contributed by atoms with Gasteiger partial charge < -0.3 is 5.73 Å². The van der Waals surface area contributed by atoms with Crippen molar-refractivity contribution in [2.45, 2.75) is 12.8 Å². The predicted octanol–water partition coefficient (Wildman–Crippen LogP) is 1.64. The highest BCUT2D eigenvalue weighted by atomic mass is 32.2. The van der Waals surface area contributed by atoms with Crippen LogP contribution in [0.2, 0.25) is 0 Å². The van der Waals surface area contributed by atoms with E-state index in [4.69, 9.17) is 5.73 Å². The van der Waals surface area contributed by atoms with Gasteiger partial charge in [0.2, 0.25) is 0 Å². The zero-order valence-corrected chi connectivity index (χ0v) is 7.12. The molecular weight excluding hydrogens is 142 g/mol. The van der Waals surface area contributed by atoms with E-state index in [1.165, 1.54) is 23.5 Å². The molecule has 0 aromatic carbocycles. The van der Waals surface area contributed by atoms with Gasteiger partial charge in [-0.15, -0.1) is 0 Å². The Morgan fingerprint density at radius 3 is 3.00 bits per heavy atom. The summed E-state index contributed by atoms with van der Waals surface area (Å²) in [6.07, 6.45) is 2.52. The van der Waals surface area contributed by atoms with Gasteiger partial charge in [-0.05, 0) is 30.3 Å². The Hall–Kier alpha value is 0.0500. The van der Waals surface area contributed by atoms with E-state index in [1.807, 2.05) is 0 Å². The molecule has 0 spiro atoms. The molecule has 1 nitrogen and oxygen atoms in total. The SMILES string of the molecule is C=C(CN)CC1CCSC1. The van der Waals surface area contributed by atoms with Crippen LogP contribution in [0, 0.1) is 5.92 Å². The molecule has 2 heteroatoms. The second-order valence-electron chi connectivity index (χ2n) is 2.89. The minimum absolute atomic E-state index is 0.668. The Bertz CT molecular complexity index is 116. The minimum atomic E-state index is 0.668. The van der Waals surface area contributed by atoms with Crippen molar-refractivity contribution in [3.8, 4) is 0 Å². The van der Waals surface area contributed by atoms with Crippen LogP contribution in [0.15, 0.2) is 12.2 Å². The van der Waals surface area contributed by atoms with E-state index in [1.54, 1.807) is 0 Å². The highest BCUT2D eigenvalue weighted by Crippen LogP contribution is 2.27. The molecule has 0 radical (unpaired) electrons. The van der Waals surface area contributed by atoms with E-state index in [0.29, 0.717) is 6.54 Å². The van der Waals surface area contributed by atoms with Crippen molar-refractivity contribution in [2.75, 3.05) is 18.1 Å². The average molecular weight is 157 g/mol. The Balaban J connectivity index is 2.17. The maximum atomic E-state index is 5.44. The third-order valence-corrected chi connectivity index (χ3v) is 3.12. The van der Waals surface area contributed by atoms with Gasteiger partial charge in [0.1, 0.15) is 0 Å². The van der Waals surface area contributed by atoms with Crippen molar-refractivity contribution < 1.29 is 0 Å². The normalized spacial score (nSPS) is 25.1. The van der Waals surface area contributed by atoms with Gasteiger partial charge in [0.05, 0.1) is 0 Å². The fourth-order valence-electron chi connectivity index (χ4n) is 1.24. The van der Waals surface area contributed by atoms with Crippen LogP contribution in [-0.2, 0) is 0 Å². The maximum Gasteiger partial charge on any atom is 0.0134 e. The molecule has 2 N–H and O–H groups in total. The van der Waals surface area contributed by atoms with Crippen molar-refractivity contribution in [1.82, 2.24) is 0 Å². The highest BCUT2D eigenvalue weighted by molar-refractivity contribution is 7.99. The molecule has 58 valence electrons. The lowest BCUT2D eigenvalue weighted by Gasteiger charge is -2.07. The van der Waals surface area contributed by atoms with Gasteiger partial charge in [-0.1, -0.05) is 12.2 Å². The second-order valence-corrected chi connectivity index (χ2v) is 4.04. The van der Waals surface area contributed by atoms with E-state index in [0.717, 1.165) is 12.3 Å². The fraction of sp³-hybridized carbons (Fsp3) is 0.750. The minimum Gasteiger partial charge on any atom is -0.327 e. The Morgan fingerprint density at radius 2 is 2.50 bits per heavy atom. The van der Waals surface area contributed by atoms with Gasteiger partial charge in [-0.3, -0.25) is 0 Å². The van der Waals surface area contributed by atoms with E-state index in [9.17, 15) is 0 Å². The summed E-state index contributed by atoms with van der Waals surface area (Å²) in [7, 11) is 0. The van der Waals surface area contributed by atoms with Crippen molar-refractivity contribution in [3.63, 3.8) is 0 Å². The first-order valence-electron chi connectivity index (χ1n) is 3.77. The molecule has 0 amide bonds. The average Bonchev–Trinajstić information content (AvgIpc) is 2.40. The van der Waals surface area contributed by atoms with Crippen LogP contribution >= 0.6 is 11.8 Å². The monoisotopic (exact) mass is 157 g/mol. The van der Waals surface area contributed by atoms with Crippen LogP contribution in [-0.4, -0.2) is 18.1 Å². The Kier molecular flexibility index (Phi) is 3.29. The maximum absolute atomic E-state index is 5.44. The first-order valence-corrected chi connectivity index (χ1v) is 4.93. The van der Waals surface area contributed by atoms with Gasteiger partial charge in [-0.25, -0.2) is 0 Å². The molecule has 1 saturated heterocycles. The number of nitrogens with two attached hydrogens (primary N) is 1. The summed E-state index contributed by atoms with van der Waals surface area (Å²) in [4.78, 5) is 0. The van der Waals surface area contributed by atoms with Gasteiger partial charge in [0.15, 0.2) is 0 Å². The zero-order chi connectivity index (χ0) is 7.40. The van der Waals surface area contributed by atoms with Crippen LogP contribution in [0.25, 0.3) is 0 Å². The van der Waals surface area contributed by atoms with E-state index < -0.39 is 0 Å². The van der Waals surface area contributed by atoms with Crippen LogP contribution < -0.4 is 5.73 Å². The molecule has 1 aliphatic heterocycles. The third-order valence-electron chi connectivity index (χ3n) is 1.89. The van der Waals surface area contributed by atoms with Crippen molar-refractivity contribution >= 4 is 11.8 Å². The van der Waals surface area contributed by atoms with Gasteiger partial charge in [-0.2, -0.15) is 11.8 Å². The quantitative estimate of drug-likeness (QED) is 0.630. The van der Waals surface area contributed by atoms with Gasteiger partial charge in [0, 0.05) is 6.54 Å². The zero-order valence-electron chi connectivity index (χ0n) is 6.31.